The molecule has 2 rings (SSSR count). The van der Waals surface area contributed by atoms with Gasteiger partial charge in [-0.1, -0.05) is 0 Å². The second-order valence-electron chi connectivity index (χ2n) is 8.00. The Balaban J connectivity index is 0.00000392. The standard InChI is InChI=1S/C19H35N5O3.HI/c1-6-20-18(21-8-7-16(25)22-9-11-27-12-10-22)23-13-17(26)24(15(2)3)19(4,5)14-23;/h15H,6-14H2,1-5H3,(H,20,21);1H. The Kier molecular flexibility index (Phi) is 9.96. The Hall–Kier alpha value is -1.10. The molecule has 2 amide bonds. The summed E-state index contributed by atoms with van der Waals surface area (Å²) in [4.78, 5) is 35.4. The SMILES string of the molecule is CCNC(=NCCC(=O)N1CCOCC1)N1CC(=O)N(C(C)C)C(C)(C)C1.I. The van der Waals surface area contributed by atoms with Gasteiger partial charge >= 0.3 is 0 Å². The van der Waals surface area contributed by atoms with Crippen LogP contribution in [-0.4, -0.2) is 96.5 Å². The average Bonchev–Trinajstić information content (AvgIpc) is 2.59. The van der Waals surface area contributed by atoms with Gasteiger partial charge in [0.25, 0.3) is 0 Å². The van der Waals surface area contributed by atoms with E-state index < -0.39 is 0 Å². The summed E-state index contributed by atoms with van der Waals surface area (Å²) < 4.78 is 5.28. The fraction of sp³-hybridized carbons (Fsp3) is 0.842. The van der Waals surface area contributed by atoms with E-state index in [1.54, 1.807) is 0 Å². The summed E-state index contributed by atoms with van der Waals surface area (Å²) in [5.74, 6) is 0.923. The first-order valence-electron chi connectivity index (χ1n) is 9.97. The largest absolute Gasteiger partial charge is 0.378 e. The van der Waals surface area contributed by atoms with Crippen LogP contribution < -0.4 is 5.32 Å². The van der Waals surface area contributed by atoms with Gasteiger partial charge in [-0.05, 0) is 34.6 Å². The molecule has 0 unspecified atom stereocenters. The Bertz CT molecular complexity index is 562. The summed E-state index contributed by atoms with van der Waals surface area (Å²) in [5.41, 5.74) is -0.274. The summed E-state index contributed by atoms with van der Waals surface area (Å²) in [5, 5.41) is 3.27. The maximum atomic E-state index is 12.7. The molecule has 0 aromatic rings. The van der Waals surface area contributed by atoms with Crippen molar-refractivity contribution in [2.75, 3.05) is 52.5 Å². The number of hydrogen-bond acceptors (Lipinski definition) is 4. The van der Waals surface area contributed by atoms with E-state index in [0.717, 1.165) is 6.54 Å². The first-order chi connectivity index (χ1) is 12.8. The number of carbonyl (C=O) groups is 2. The minimum atomic E-state index is -0.274. The van der Waals surface area contributed by atoms with Gasteiger partial charge in [0.05, 0.1) is 31.8 Å². The lowest BCUT2D eigenvalue weighted by Crippen LogP contribution is -2.66. The number of amides is 2. The predicted octanol–water partition coefficient (Wildman–Crippen LogP) is 1.15. The van der Waals surface area contributed by atoms with Crippen molar-refractivity contribution in [1.29, 1.82) is 0 Å². The molecule has 1 N–H and O–H groups in total. The fourth-order valence-electron chi connectivity index (χ4n) is 3.97. The number of piperazine rings is 1. The van der Waals surface area contributed by atoms with Gasteiger partial charge in [-0.25, -0.2) is 0 Å². The molecule has 162 valence electrons. The number of aliphatic imine (C=N–C) groups is 1. The molecule has 2 fully saturated rings. The second kappa shape index (κ2) is 11.2. The molecule has 0 bridgehead atoms. The van der Waals surface area contributed by atoms with Crippen molar-refractivity contribution in [2.24, 2.45) is 4.99 Å². The second-order valence-corrected chi connectivity index (χ2v) is 8.00. The molecule has 2 aliphatic heterocycles. The zero-order valence-corrected chi connectivity index (χ0v) is 20.2. The zero-order chi connectivity index (χ0) is 20.0. The molecule has 2 saturated heterocycles. The minimum absolute atomic E-state index is 0. The highest BCUT2D eigenvalue weighted by molar-refractivity contribution is 14.0. The van der Waals surface area contributed by atoms with Crippen LogP contribution in [0.4, 0.5) is 0 Å². The first kappa shape index (κ1) is 24.9. The van der Waals surface area contributed by atoms with E-state index in [0.29, 0.717) is 58.3 Å². The number of guanidine groups is 1. The Morgan fingerprint density at radius 2 is 1.89 bits per heavy atom. The Labute approximate surface area is 186 Å². The molecule has 0 aliphatic carbocycles. The maximum Gasteiger partial charge on any atom is 0.242 e. The van der Waals surface area contributed by atoms with Crippen LogP contribution in [0.25, 0.3) is 0 Å². The summed E-state index contributed by atoms with van der Waals surface area (Å²) >= 11 is 0. The topological polar surface area (TPSA) is 77.5 Å². The lowest BCUT2D eigenvalue weighted by Gasteiger charge is -2.49. The molecule has 0 radical (unpaired) electrons. The maximum absolute atomic E-state index is 12.7. The number of rotatable bonds is 5. The van der Waals surface area contributed by atoms with Crippen LogP contribution in [0.5, 0.6) is 0 Å². The van der Waals surface area contributed by atoms with E-state index in [1.807, 2.05) is 35.5 Å². The van der Waals surface area contributed by atoms with Crippen LogP contribution in [0, 0.1) is 0 Å². The van der Waals surface area contributed by atoms with E-state index >= 15 is 0 Å². The third-order valence-corrected chi connectivity index (χ3v) is 4.93. The predicted molar refractivity (Wildman–Crippen MR) is 121 cm³/mol. The normalized spacial score (nSPS) is 20.3. The molecule has 2 heterocycles. The smallest absolute Gasteiger partial charge is 0.242 e. The molecule has 9 heteroatoms. The van der Waals surface area contributed by atoms with E-state index in [9.17, 15) is 9.59 Å². The highest BCUT2D eigenvalue weighted by Gasteiger charge is 2.40. The molecular formula is C19H36IN5O3. The molecule has 0 atom stereocenters. The summed E-state index contributed by atoms with van der Waals surface area (Å²) in [6.07, 6.45) is 0.373. The van der Waals surface area contributed by atoms with Crippen molar-refractivity contribution in [3.63, 3.8) is 0 Å². The molecule has 2 aliphatic rings. The van der Waals surface area contributed by atoms with Crippen LogP contribution >= 0.6 is 24.0 Å². The van der Waals surface area contributed by atoms with Gasteiger partial charge in [0.2, 0.25) is 11.8 Å². The number of halogens is 1. The third-order valence-electron chi connectivity index (χ3n) is 4.93. The molecule has 0 aromatic carbocycles. The van der Waals surface area contributed by atoms with Gasteiger partial charge < -0.3 is 24.8 Å². The molecular weight excluding hydrogens is 473 g/mol. The monoisotopic (exact) mass is 509 g/mol. The number of hydrogen-bond donors (Lipinski definition) is 1. The van der Waals surface area contributed by atoms with Crippen LogP contribution in [0.3, 0.4) is 0 Å². The number of nitrogens with zero attached hydrogens (tertiary/aromatic N) is 4. The van der Waals surface area contributed by atoms with Gasteiger partial charge in [0.15, 0.2) is 5.96 Å². The van der Waals surface area contributed by atoms with E-state index in [-0.39, 0.29) is 47.4 Å². The molecule has 0 saturated carbocycles. The molecule has 8 nitrogen and oxygen atoms in total. The summed E-state index contributed by atoms with van der Waals surface area (Å²) in [6, 6.07) is 0.167. The molecule has 0 aromatic heterocycles. The van der Waals surface area contributed by atoms with Crippen molar-refractivity contribution in [2.45, 2.75) is 52.6 Å². The highest BCUT2D eigenvalue weighted by Crippen LogP contribution is 2.24. The van der Waals surface area contributed by atoms with Crippen molar-refractivity contribution < 1.29 is 14.3 Å². The van der Waals surface area contributed by atoms with E-state index in [4.69, 9.17) is 4.74 Å². The van der Waals surface area contributed by atoms with Gasteiger partial charge in [0, 0.05) is 38.6 Å². The minimum Gasteiger partial charge on any atom is -0.378 e. The fourth-order valence-corrected chi connectivity index (χ4v) is 3.97. The van der Waals surface area contributed by atoms with Crippen molar-refractivity contribution in [1.82, 2.24) is 20.0 Å². The van der Waals surface area contributed by atoms with Crippen LogP contribution in [-0.2, 0) is 14.3 Å². The van der Waals surface area contributed by atoms with Gasteiger partial charge in [-0.3, -0.25) is 14.6 Å². The van der Waals surface area contributed by atoms with Crippen molar-refractivity contribution >= 4 is 41.8 Å². The van der Waals surface area contributed by atoms with Crippen LogP contribution in [0.15, 0.2) is 4.99 Å². The van der Waals surface area contributed by atoms with Gasteiger partial charge in [-0.2, -0.15) is 0 Å². The van der Waals surface area contributed by atoms with Gasteiger partial charge in [0.1, 0.15) is 0 Å². The quantitative estimate of drug-likeness (QED) is 0.342. The Morgan fingerprint density at radius 3 is 2.43 bits per heavy atom. The number of carbonyl (C=O) groups excluding carboxylic acids is 2. The van der Waals surface area contributed by atoms with Crippen molar-refractivity contribution in [3.05, 3.63) is 0 Å². The summed E-state index contributed by atoms with van der Waals surface area (Å²) in [6.45, 7) is 14.9. The van der Waals surface area contributed by atoms with Crippen molar-refractivity contribution in [3.8, 4) is 0 Å². The number of nitrogens with one attached hydrogen (secondary N) is 1. The van der Waals surface area contributed by atoms with Gasteiger partial charge in [-0.15, -0.1) is 24.0 Å². The highest BCUT2D eigenvalue weighted by atomic mass is 127. The summed E-state index contributed by atoms with van der Waals surface area (Å²) in [7, 11) is 0. The average molecular weight is 509 g/mol. The lowest BCUT2D eigenvalue weighted by atomic mass is 9.96. The van der Waals surface area contributed by atoms with Crippen LogP contribution in [0.1, 0.15) is 41.0 Å². The lowest BCUT2D eigenvalue weighted by molar-refractivity contribution is -0.145. The third kappa shape index (κ3) is 6.47. The van der Waals surface area contributed by atoms with E-state index in [1.165, 1.54) is 0 Å². The zero-order valence-electron chi connectivity index (χ0n) is 17.9. The van der Waals surface area contributed by atoms with Crippen LogP contribution in [0.2, 0.25) is 0 Å². The molecule has 0 spiro atoms. The molecule has 28 heavy (non-hydrogen) atoms. The number of morpholine rings is 1. The Morgan fingerprint density at radius 1 is 1.25 bits per heavy atom. The number of ether oxygens (including phenoxy) is 1. The first-order valence-corrected chi connectivity index (χ1v) is 9.97. The van der Waals surface area contributed by atoms with E-state index in [2.05, 4.69) is 24.2 Å².